The van der Waals surface area contributed by atoms with Crippen LogP contribution in [0.3, 0.4) is 0 Å². The molecule has 2 aromatic rings. The fraction of sp³-hybridized carbons (Fsp3) is 0.200. The SMILES string of the molecule is Cl.NC1CC(c2cccc(Cl)c2)Oc2ccccc21. The normalized spacial score (nSPS) is 20.9. The molecule has 2 atom stereocenters. The van der Waals surface area contributed by atoms with Crippen molar-refractivity contribution in [3.63, 3.8) is 0 Å². The quantitative estimate of drug-likeness (QED) is 0.852. The van der Waals surface area contributed by atoms with Crippen LogP contribution in [0, 0.1) is 0 Å². The highest BCUT2D eigenvalue weighted by atomic mass is 35.5. The summed E-state index contributed by atoms with van der Waals surface area (Å²) in [5.74, 6) is 0.876. The maximum absolute atomic E-state index is 6.20. The van der Waals surface area contributed by atoms with Crippen LogP contribution < -0.4 is 10.5 Å². The van der Waals surface area contributed by atoms with Gasteiger partial charge in [-0.1, -0.05) is 41.9 Å². The molecule has 2 aromatic carbocycles. The molecule has 1 aliphatic heterocycles. The van der Waals surface area contributed by atoms with E-state index in [1.807, 2.05) is 48.5 Å². The lowest BCUT2D eigenvalue weighted by Crippen LogP contribution is -2.24. The van der Waals surface area contributed by atoms with Gasteiger partial charge in [0.15, 0.2) is 0 Å². The number of fused-ring (bicyclic) bond motifs is 1. The fourth-order valence-corrected chi connectivity index (χ4v) is 2.56. The molecule has 2 nitrogen and oxygen atoms in total. The van der Waals surface area contributed by atoms with Gasteiger partial charge in [-0.2, -0.15) is 0 Å². The molecule has 0 saturated heterocycles. The third kappa shape index (κ3) is 2.86. The summed E-state index contributed by atoms with van der Waals surface area (Å²) in [6, 6.07) is 15.7. The van der Waals surface area contributed by atoms with E-state index < -0.39 is 0 Å². The molecule has 1 heterocycles. The Kier molecular flexibility index (Phi) is 4.35. The van der Waals surface area contributed by atoms with Gasteiger partial charge in [-0.05, 0) is 23.8 Å². The summed E-state index contributed by atoms with van der Waals surface area (Å²) in [6.45, 7) is 0. The fourth-order valence-electron chi connectivity index (χ4n) is 2.36. The Morgan fingerprint density at radius 2 is 1.89 bits per heavy atom. The molecule has 0 spiro atoms. The Balaban J connectivity index is 0.00000133. The first kappa shape index (κ1) is 14.2. The number of rotatable bonds is 1. The van der Waals surface area contributed by atoms with Crippen LogP contribution in [-0.2, 0) is 0 Å². The highest BCUT2D eigenvalue weighted by Gasteiger charge is 2.26. The minimum absolute atomic E-state index is 0. The van der Waals surface area contributed by atoms with E-state index >= 15 is 0 Å². The smallest absolute Gasteiger partial charge is 0.126 e. The molecule has 4 heteroatoms. The minimum Gasteiger partial charge on any atom is -0.485 e. The van der Waals surface area contributed by atoms with E-state index in [9.17, 15) is 0 Å². The second-order valence-corrected chi connectivity index (χ2v) is 4.98. The molecule has 0 radical (unpaired) electrons. The third-order valence-electron chi connectivity index (χ3n) is 3.28. The summed E-state index contributed by atoms with van der Waals surface area (Å²) < 4.78 is 6.00. The van der Waals surface area contributed by atoms with E-state index in [2.05, 4.69) is 0 Å². The maximum Gasteiger partial charge on any atom is 0.126 e. The molecule has 0 saturated carbocycles. The zero-order valence-corrected chi connectivity index (χ0v) is 11.8. The first-order valence-electron chi connectivity index (χ1n) is 6.00. The summed E-state index contributed by atoms with van der Waals surface area (Å²) in [6.07, 6.45) is 0.755. The molecule has 0 amide bonds. The number of hydrogen-bond donors (Lipinski definition) is 1. The van der Waals surface area contributed by atoms with Gasteiger partial charge in [-0.3, -0.25) is 0 Å². The van der Waals surface area contributed by atoms with Gasteiger partial charge in [0.1, 0.15) is 11.9 Å². The second-order valence-electron chi connectivity index (χ2n) is 4.54. The Morgan fingerprint density at radius 1 is 1.11 bits per heavy atom. The summed E-state index contributed by atoms with van der Waals surface area (Å²) >= 11 is 6.01. The average molecular weight is 296 g/mol. The molecular formula is C15H15Cl2NO. The van der Waals surface area contributed by atoms with Crippen LogP contribution in [0.25, 0.3) is 0 Å². The molecule has 2 unspecified atom stereocenters. The van der Waals surface area contributed by atoms with Crippen LogP contribution in [-0.4, -0.2) is 0 Å². The first-order valence-corrected chi connectivity index (χ1v) is 6.38. The minimum atomic E-state index is -0.0198. The van der Waals surface area contributed by atoms with E-state index in [1.54, 1.807) is 0 Å². The summed E-state index contributed by atoms with van der Waals surface area (Å²) in [5, 5.41) is 0.725. The van der Waals surface area contributed by atoms with Crippen molar-refractivity contribution in [3.8, 4) is 5.75 Å². The van der Waals surface area contributed by atoms with Crippen LogP contribution in [0.4, 0.5) is 0 Å². The Bertz CT molecular complexity index is 574. The van der Waals surface area contributed by atoms with Crippen molar-refractivity contribution < 1.29 is 4.74 Å². The van der Waals surface area contributed by atoms with Gasteiger partial charge in [0.25, 0.3) is 0 Å². The molecule has 2 N–H and O–H groups in total. The highest BCUT2D eigenvalue weighted by Crippen LogP contribution is 2.39. The Morgan fingerprint density at radius 3 is 2.68 bits per heavy atom. The van der Waals surface area contributed by atoms with E-state index in [-0.39, 0.29) is 24.6 Å². The molecule has 0 bridgehead atoms. The monoisotopic (exact) mass is 295 g/mol. The van der Waals surface area contributed by atoms with Crippen molar-refractivity contribution in [3.05, 3.63) is 64.7 Å². The molecule has 1 aliphatic rings. The molecule has 100 valence electrons. The molecule has 0 aliphatic carbocycles. The molecule has 3 rings (SSSR count). The summed E-state index contributed by atoms with van der Waals surface area (Å²) in [4.78, 5) is 0. The van der Waals surface area contributed by atoms with Crippen molar-refractivity contribution in [1.82, 2.24) is 0 Å². The van der Waals surface area contributed by atoms with E-state index in [4.69, 9.17) is 22.1 Å². The molecule has 0 fully saturated rings. The van der Waals surface area contributed by atoms with E-state index in [0.29, 0.717) is 0 Å². The maximum atomic E-state index is 6.20. The van der Waals surface area contributed by atoms with Crippen LogP contribution in [0.5, 0.6) is 5.75 Å². The molecule has 19 heavy (non-hydrogen) atoms. The number of para-hydroxylation sites is 1. The average Bonchev–Trinajstić information content (AvgIpc) is 2.39. The Labute approximate surface area is 123 Å². The number of ether oxygens (including phenoxy) is 1. The number of hydrogen-bond acceptors (Lipinski definition) is 2. The van der Waals surface area contributed by atoms with Crippen molar-refractivity contribution in [2.75, 3.05) is 0 Å². The van der Waals surface area contributed by atoms with Gasteiger partial charge in [0.2, 0.25) is 0 Å². The largest absolute Gasteiger partial charge is 0.485 e. The van der Waals surface area contributed by atoms with Crippen molar-refractivity contribution >= 4 is 24.0 Å². The van der Waals surface area contributed by atoms with Gasteiger partial charge < -0.3 is 10.5 Å². The third-order valence-corrected chi connectivity index (χ3v) is 3.51. The van der Waals surface area contributed by atoms with Gasteiger partial charge >= 0.3 is 0 Å². The van der Waals surface area contributed by atoms with Gasteiger partial charge in [-0.25, -0.2) is 0 Å². The van der Waals surface area contributed by atoms with Crippen molar-refractivity contribution in [2.45, 2.75) is 18.6 Å². The van der Waals surface area contributed by atoms with Gasteiger partial charge in [0.05, 0.1) is 0 Å². The second kappa shape index (κ2) is 5.83. The van der Waals surface area contributed by atoms with E-state index in [1.165, 1.54) is 0 Å². The first-order chi connectivity index (χ1) is 8.74. The van der Waals surface area contributed by atoms with Gasteiger partial charge in [-0.15, -0.1) is 12.4 Å². The van der Waals surface area contributed by atoms with Crippen LogP contribution in [0.1, 0.15) is 29.7 Å². The van der Waals surface area contributed by atoms with Crippen molar-refractivity contribution in [1.29, 1.82) is 0 Å². The molecular weight excluding hydrogens is 281 g/mol. The summed E-state index contributed by atoms with van der Waals surface area (Å²) in [5.41, 5.74) is 8.35. The number of halogens is 2. The van der Waals surface area contributed by atoms with Crippen LogP contribution in [0.15, 0.2) is 48.5 Å². The Hall–Kier alpha value is -1.22. The van der Waals surface area contributed by atoms with Gasteiger partial charge in [0, 0.05) is 23.0 Å². The van der Waals surface area contributed by atoms with Crippen LogP contribution in [0.2, 0.25) is 5.02 Å². The van der Waals surface area contributed by atoms with Crippen LogP contribution >= 0.6 is 24.0 Å². The summed E-state index contributed by atoms with van der Waals surface area (Å²) in [7, 11) is 0. The lowest BCUT2D eigenvalue weighted by Gasteiger charge is -2.30. The van der Waals surface area contributed by atoms with E-state index in [0.717, 1.165) is 28.3 Å². The lowest BCUT2D eigenvalue weighted by molar-refractivity contribution is 0.161. The lowest BCUT2D eigenvalue weighted by atomic mass is 9.94. The molecule has 0 aromatic heterocycles. The number of benzene rings is 2. The number of nitrogens with two attached hydrogens (primary N) is 1. The highest BCUT2D eigenvalue weighted by molar-refractivity contribution is 6.30. The van der Waals surface area contributed by atoms with Crippen molar-refractivity contribution in [2.24, 2.45) is 5.73 Å². The zero-order chi connectivity index (χ0) is 12.5. The predicted molar refractivity (Wildman–Crippen MR) is 80.1 cm³/mol. The zero-order valence-electron chi connectivity index (χ0n) is 10.3. The predicted octanol–water partition coefficient (Wildman–Crippen LogP) is 4.29. The topological polar surface area (TPSA) is 35.2 Å². The standard InChI is InChI=1S/C15H14ClNO.ClH/c16-11-5-3-4-10(8-11)15-9-13(17)12-6-1-2-7-14(12)18-15;/h1-8,13,15H,9,17H2;1H.